The normalized spacial score (nSPS) is 15.7. The largest absolute Gasteiger partial charge is 0.573 e. The quantitative estimate of drug-likeness (QED) is 0.436. The van der Waals surface area contributed by atoms with Gasteiger partial charge >= 0.3 is 6.36 Å². The minimum absolute atomic E-state index is 0.0636. The highest BCUT2D eigenvalue weighted by atomic mass is 19.4. The van der Waals surface area contributed by atoms with E-state index < -0.39 is 6.36 Å². The van der Waals surface area contributed by atoms with Crippen LogP contribution in [0.5, 0.6) is 17.2 Å². The van der Waals surface area contributed by atoms with E-state index in [-0.39, 0.29) is 11.8 Å². The van der Waals surface area contributed by atoms with Crippen molar-refractivity contribution in [2.75, 3.05) is 13.7 Å². The average molecular weight is 470 g/mol. The number of benzene rings is 3. The number of aryl methyl sites for hydroxylation is 1. The van der Waals surface area contributed by atoms with Gasteiger partial charge in [-0.2, -0.15) is 0 Å². The number of halogens is 3. The lowest BCUT2D eigenvalue weighted by molar-refractivity contribution is -0.274. The molecular formula is C27H26F3NO3. The van der Waals surface area contributed by atoms with Crippen LogP contribution in [-0.4, -0.2) is 20.0 Å². The topological polar surface area (TPSA) is 39.7 Å². The van der Waals surface area contributed by atoms with E-state index in [2.05, 4.69) is 10.1 Å². The van der Waals surface area contributed by atoms with Crippen molar-refractivity contribution in [2.24, 2.45) is 0 Å². The maximum atomic E-state index is 12.5. The monoisotopic (exact) mass is 469 g/mol. The number of methoxy groups -OCH3 is 1. The molecule has 1 heterocycles. The third-order valence-corrected chi connectivity index (χ3v) is 5.70. The van der Waals surface area contributed by atoms with E-state index in [1.54, 1.807) is 20.1 Å². The summed E-state index contributed by atoms with van der Waals surface area (Å²) in [6.07, 6.45) is 0.0659. The Labute approximate surface area is 197 Å². The number of hydrogen-bond acceptors (Lipinski definition) is 4. The predicted molar refractivity (Wildman–Crippen MR) is 125 cm³/mol. The first-order valence-electron chi connectivity index (χ1n) is 11.0. The average Bonchev–Trinajstić information content (AvgIpc) is 2.81. The number of rotatable bonds is 7. The van der Waals surface area contributed by atoms with Crippen molar-refractivity contribution < 1.29 is 27.4 Å². The van der Waals surface area contributed by atoms with E-state index in [0.29, 0.717) is 23.7 Å². The fourth-order valence-corrected chi connectivity index (χ4v) is 4.01. The van der Waals surface area contributed by atoms with Crippen LogP contribution in [0.15, 0.2) is 66.7 Å². The van der Waals surface area contributed by atoms with Gasteiger partial charge in [-0.25, -0.2) is 0 Å². The van der Waals surface area contributed by atoms with Gasteiger partial charge in [0.1, 0.15) is 12.4 Å². The molecule has 34 heavy (non-hydrogen) atoms. The molecule has 4 nitrogen and oxygen atoms in total. The second kappa shape index (κ2) is 10.2. The Morgan fingerprint density at radius 2 is 1.82 bits per heavy atom. The van der Waals surface area contributed by atoms with Gasteiger partial charge in [-0.3, -0.25) is 0 Å². The van der Waals surface area contributed by atoms with Gasteiger partial charge in [0.25, 0.3) is 0 Å². The van der Waals surface area contributed by atoms with Crippen molar-refractivity contribution in [3.63, 3.8) is 0 Å². The SMILES string of the molecule is COc1cc2c(cc1OCc1ccccc1)CCNC2C=Cc1ccc(OC(F)(F)F)cc1C. The third kappa shape index (κ3) is 5.91. The third-order valence-electron chi connectivity index (χ3n) is 5.70. The number of hydrogen-bond donors (Lipinski definition) is 1. The lowest BCUT2D eigenvalue weighted by atomic mass is 9.92. The second-order valence-corrected chi connectivity index (χ2v) is 8.08. The maximum Gasteiger partial charge on any atom is 0.573 e. The van der Waals surface area contributed by atoms with Crippen LogP contribution in [0.25, 0.3) is 6.08 Å². The van der Waals surface area contributed by atoms with Crippen LogP contribution in [-0.2, 0) is 13.0 Å². The van der Waals surface area contributed by atoms with Crippen LogP contribution in [0.2, 0.25) is 0 Å². The summed E-state index contributed by atoms with van der Waals surface area (Å²) in [5.41, 5.74) is 4.84. The molecule has 0 aliphatic carbocycles. The van der Waals surface area contributed by atoms with Crippen molar-refractivity contribution in [1.82, 2.24) is 5.32 Å². The van der Waals surface area contributed by atoms with Gasteiger partial charge in [-0.15, -0.1) is 13.2 Å². The Bertz CT molecular complexity index is 1160. The molecule has 1 aliphatic heterocycles. The van der Waals surface area contributed by atoms with E-state index in [0.717, 1.165) is 29.7 Å². The molecule has 7 heteroatoms. The zero-order chi connectivity index (χ0) is 24.1. The fraction of sp³-hybridized carbons (Fsp3) is 0.259. The molecule has 0 saturated carbocycles. The Balaban J connectivity index is 1.53. The molecule has 3 aromatic carbocycles. The molecule has 0 amide bonds. The van der Waals surface area contributed by atoms with E-state index in [1.165, 1.54) is 17.7 Å². The van der Waals surface area contributed by atoms with Gasteiger partial charge in [-0.1, -0.05) is 48.6 Å². The summed E-state index contributed by atoms with van der Waals surface area (Å²) < 4.78 is 53.1. The summed E-state index contributed by atoms with van der Waals surface area (Å²) in [6, 6.07) is 18.2. The van der Waals surface area contributed by atoms with Gasteiger partial charge in [0.2, 0.25) is 0 Å². The molecule has 0 bridgehead atoms. The summed E-state index contributed by atoms with van der Waals surface area (Å²) in [6.45, 7) is 3.00. The van der Waals surface area contributed by atoms with Crippen molar-refractivity contribution in [3.05, 3.63) is 94.6 Å². The zero-order valence-electron chi connectivity index (χ0n) is 19.0. The summed E-state index contributed by atoms with van der Waals surface area (Å²) in [5, 5.41) is 3.48. The number of alkyl halides is 3. The summed E-state index contributed by atoms with van der Waals surface area (Å²) >= 11 is 0. The lowest BCUT2D eigenvalue weighted by Crippen LogP contribution is -2.28. The molecule has 0 saturated heterocycles. The summed E-state index contributed by atoms with van der Waals surface area (Å²) in [4.78, 5) is 0. The van der Waals surface area contributed by atoms with Crippen LogP contribution in [0.3, 0.4) is 0 Å². The van der Waals surface area contributed by atoms with Gasteiger partial charge in [0.05, 0.1) is 13.2 Å². The Hall–Kier alpha value is -3.45. The zero-order valence-corrected chi connectivity index (χ0v) is 19.0. The highest BCUT2D eigenvalue weighted by molar-refractivity contribution is 5.58. The molecule has 1 N–H and O–H groups in total. The fourth-order valence-electron chi connectivity index (χ4n) is 4.01. The van der Waals surface area contributed by atoms with Gasteiger partial charge in [0, 0.05) is 6.54 Å². The van der Waals surface area contributed by atoms with Gasteiger partial charge < -0.3 is 19.5 Å². The van der Waals surface area contributed by atoms with Crippen molar-refractivity contribution in [1.29, 1.82) is 0 Å². The summed E-state index contributed by atoms with van der Waals surface area (Å²) in [5.74, 6) is 1.13. The summed E-state index contributed by atoms with van der Waals surface area (Å²) in [7, 11) is 1.62. The highest BCUT2D eigenvalue weighted by Crippen LogP contribution is 2.36. The van der Waals surface area contributed by atoms with E-state index in [9.17, 15) is 13.2 Å². The Morgan fingerprint density at radius 3 is 2.53 bits per heavy atom. The molecule has 3 aromatic rings. The molecule has 0 spiro atoms. The number of fused-ring (bicyclic) bond motifs is 1. The van der Waals surface area contributed by atoms with E-state index >= 15 is 0 Å². The highest BCUT2D eigenvalue weighted by Gasteiger charge is 2.31. The second-order valence-electron chi connectivity index (χ2n) is 8.08. The molecule has 178 valence electrons. The van der Waals surface area contributed by atoms with Crippen LogP contribution in [0, 0.1) is 6.92 Å². The smallest absolute Gasteiger partial charge is 0.493 e. The first-order valence-corrected chi connectivity index (χ1v) is 11.0. The van der Waals surface area contributed by atoms with Crippen molar-refractivity contribution in [3.8, 4) is 17.2 Å². The molecule has 0 aromatic heterocycles. The predicted octanol–water partition coefficient (Wildman–Crippen LogP) is 6.38. The van der Waals surface area contributed by atoms with Crippen LogP contribution >= 0.6 is 0 Å². The van der Waals surface area contributed by atoms with E-state index in [4.69, 9.17) is 9.47 Å². The molecule has 1 aliphatic rings. The minimum Gasteiger partial charge on any atom is -0.493 e. The molecule has 4 rings (SSSR count). The maximum absolute atomic E-state index is 12.5. The van der Waals surface area contributed by atoms with Crippen molar-refractivity contribution in [2.45, 2.75) is 32.4 Å². The Kier molecular flexibility index (Phi) is 7.12. The molecule has 0 fully saturated rings. The van der Waals surface area contributed by atoms with Crippen LogP contribution < -0.4 is 19.5 Å². The standard InChI is InChI=1S/C27H26F3NO3/c1-18-14-22(34-27(28,29)30)10-8-20(18)9-11-24-23-16-25(32-2)26(15-21(23)12-13-31-24)33-17-19-6-4-3-5-7-19/h3-11,14-16,24,31H,12-13,17H2,1-2H3. The van der Waals surface area contributed by atoms with Crippen molar-refractivity contribution >= 4 is 6.08 Å². The van der Waals surface area contributed by atoms with Gasteiger partial charge in [0.15, 0.2) is 11.5 Å². The molecular weight excluding hydrogens is 443 g/mol. The van der Waals surface area contributed by atoms with E-state index in [1.807, 2.05) is 54.6 Å². The van der Waals surface area contributed by atoms with Crippen LogP contribution in [0.4, 0.5) is 13.2 Å². The Morgan fingerprint density at radius 1 is 1.03 bits per heavy atom. The number of nitrogens with one attached hydrogen (secondary N) is 1. The first-order chi connectivity index (χ1) is 16.3. The van der Waals surface area contributed by atoms with Gasteiger partial charge in [-0.05, 0) is 65.4 Å². The molecule has 0 radical (unpaired) electrons. The minimum atomic E-state index is -4.71. The molecule has 1 atom stereocenters. The molecule has 1 unspecified atom stereocenters. The first kappa shape index (κ1) is 23.7. The van der Waals surface area contributed by atoms with Crippen LogP contribution in [0.1, 0.15) is 33.9 Å². The lowest BCUT2D eigenvalue weighted by Gasteiger charge is -2.26. The number of ether oxygens (including phenoxy) is 3.